The Hall–Kier alpha value is -5.02. The average molecular weight is 572 g/mol. The molecule has 44 heavy (non-hydrogen) atoms. The van der Waals surface area contributed by atoms with Crippen LogP contribution in [-0.4, -0.2) is 11.6 Å². The lowest BCUT2D eigenvalue weighted by atomic mass is 9.62. The lowest BCUT2D eigenvalue weighted by molar-refractivity contribution is 0.0985. The number of benzene rings is 4. The first-order valence-corrected chi connectivity index (χ1v) is 15.5. The van der Waals surface area contributed by atoms with Gasteiger partial charge in [0.2, 0.25) is 0 Å². The number of hydrogen-bond donors (Lipinski definition) is 0. The first-order chi connectivity index (χ1) is 21.4. The van der Waals surface area contributed by atoms with E-state index in [9.17, 15) is 9.59 Å². The SMILES string of the molecule is CC1(C)CC(=C2C(=O)c3ccccc3C2=O)C=C2C=C(c3ccc(N4c5ccccc5C=Cc5ccccc54)cc3)CCC21. The fourth-order valence-corrected chi connectivity index (χ4v) is 7.70. The van der Waals surface area contributed by atoms with Gasteiger partial charge in [0.25, 0.3) is 0 Å². The van der Waals surface area contributed by atoms with Gasteiger partial charge in [-0.05, 0) is 88.3 Å². The molecule has 1 atom stereocenters. The van der Waals surface area contributed by atoms with Gasteiger partial charge in [-0.1, -0.05) is 111 Å². The second kappa shape index (κ2) is 10.0. The molecule has 1 aliphatic heterocycles. The maximum absolute atomic E-state index is 13.4. The van der Waals surface area contributed by atoms with Crippen molar-refractivity contribution >= 4 is 46.4 Å². The molecule has 4 aliphatic rings. The van der Waals surface area contributed by atoms with Crippen LogP contribution in [0.4, 0.5) is 17.1 Å². The van der Waals surface area contributed by atoms with Gasteiger partial charge in [-0.25, -0.2) is 0 Å². The molecule has 0 saturated carbocycles. The predicted octanol–water partition coefficient (Wildman–Crippen LogP) is 10.2. The Balaban J connectivity index is 1.17. The normalized spacial score (nSPS) is 19.9. The molecule has 8 rings (SSSR count). The number of fused-ring (bicyclic) bond motifs is 4. The van der Waals surface area contributed by atoms with Gasteiger partial charge in [-0.2, -0.15) is 0 Å². The molecule has 0 radical (unpaired) electrons. The summed E-state index contributed by atoms with van der Waals surface area (Å²) in [5.74, 6) is 0.129. The number of allylic oxidation sites excluding steroid dienone is 6. The summed E-state index contributed by atoms with van der Waals surface area (Å²) in [4.78, 5) is 29.1. The Morgan fingerprint density at radius 1 is 0.682 bits per heavy atom. The molecule has 214 valence electrons. The van der Waals surface area contributed by atoms with Gasteiger partial charge in [0.1, 0.15) is 0 Å². The van der Waals surface area contributed by atoms with E-state index in [1.807, 2.05) is 12.1 Å². The van der Waals surface area contributed by atoms with Gasteiger partial charge in [-0.15, -0.1) is 0 Å². The number of rotatable bonds is 2. The van der Waals surface area contributed by atoms with E-state index in [2.05, 4.69) is 116 Å². The molecule has 1 unspecified atom stereocenters. The summed E-state index contributed by atoms with van der Waals surface area (Å²) in [6, 6.07) is 33.2. The highest BCUT2D eigenvalue weighted by Gasteiger charge is 2.42. The van der Waals surface area contributed by atoms with Gasteiger partial charge in [0, 0.05) is 16.8 Å². The van der Waals surface area contributed by atoms with Crippen molar-refractivity contribution in [2.45, 2.75) is 33.1 Å². The highest BCUT2D eigenvalue weighted by Crippen LogP contribution is 2.51. The molecule has 3 nitrogen and oxygen atoms in total. The van der Waals surface area contributed by atoms with E-state index in [4.69, 9.17) is 0 Å². The number of carbonyl (C=O) groups is 2. The van der Waals surface area contributed by atoms with E-state index in [0.717, 1.165) is 41.9 Å². The molecule has 0 N–H and O–H groups in total. The average Bonchev–Trinajstić information content (AvgIpc) is 3.18. The van der Waals surface area contributed by atoms with Gasteiger partial charge < -0.3 is 4.90 Å². The zero-order chi connectivity index (χ0) is 30.0. The first-order valence-electron chi connectivity index (χ1n) is 15.5. The van der Waals surface area contributed by atoms with Crippen molar-refractivity contribution in [2.75, 3.05) is 4.90 Å². The Kier molecular flexibility index (Phi) is 6.06. The summed E-state index contributed by atoms with van der Waals surface area (Å²) in [5.41, 5.74) is 11.8. The summed E-state index contributed by atoms with van der Waals surface area (Å²) < 4.78 is 0. The van der Waals surface area contributed by atoms with Crippen LogP contribution in [0.15, 0.2) is 126 Å². The van der Waals surface area contributed by atoms with E-state index >= 15 is 0 Å². The molecule has 0 aromatic heterocycles. The molecule has 0 saturated heterocycles. The van der Waals surface area contributed by atoms with Crippen LogP contribution in [0.1, 0.15) is 70.5 Å². The van der Waals surface area contributed by atoms with Crippen LogP contribution in [0.2, 0.25) is 0 Å². The van der Waals surface area contributed by atoms with Crippen molar-refractivity contribution in [1.29, 1.82) is 0 Å². The number of Topliss-reactive ketones (excluding diaryl/α,β-unsaturated/α-hetero) is 2. The molecular formula is C41H33NO2. The van der Waals surface area contributed by atoms with Crippen molar-refractivity contribution in [3.05, 3.63) is 154 Å². The van der Waals surface area contributed by atoms with Crippen molar-refractivity contribution < 1.29 is 9.59 Å². The van der Waals surface area contributed by atoms with Crippen molar-refractivity contribution in [3.8, 4) is 0 Å². The monoisotopic (exact) mass is 571 g/mol. The number of carbonyl (C=O) groups excluding carboxylic acids is 2. The highest BCUT2D eigenvalue weighted by molar-refractivity contribution is 6.40. The third kappa shape index (κ3) is 4.18. The molecule has 4 aromatic carbocycles. The predicted molar refractivity (Wildman–Crippen MR) is 179 cm³/mol. The Labute approximate surface area is 258 Å². The minimum Gasteiger partial charge on any atom is -0.309 e. The highest BCUT2D eigenvalue weighted by atomic mass is 16.2. The van der Waals surface area contributed by atoms with Gasteiger partial charge >= 0.3 is 0 Å². The van der Waals surface area contributed by atoms with Crippen LogP contribution < -0.4 is 4.90 Å². The molecule has 0 bridgehead atoms. The second-order valence-electron chi connectivity index (χ2n) is 13.0. The second-order valence-corrected chi connectivity index (χ2v) is 13.0. The minimum absolute atomic E-state index is 0.0464. The van der Waals surface area contributed by atoms with Crippen molar-refractivity contribution in [3.63, 3.8) is 0 Å². The molecule has 3 aliphatic carbocycles. The van der Waals surface area contributed by atoms with E-state index in [1.165, 1.54) is 27.8 Å². The van der Waals surface area contributed by atoms with Crippen LogP contribution in [0.5, 0.6) is 0 Å². The largest absolute Gasteiger partial charge is 0.309 e. The molecule has 4 aromatic rings. The smallest absolute Gasteiger partial charge is 0.197 e. The summed E-state index contributed by atoms with van der Waals surface area (Å²) >= 11 is 0. The zero-order valence-electron chi connectivity index (χ0n) is 25.0. The van der Waals surface area contributed by atoms with Gasteiger partial charge in [0.15, 0.2) is 11.6 Å². The summed E-state index contributed by atoms with van der Waals surface area (Å²) in [5, 5.41) is 0. The van der Waals surface area contributed by atoms with E-state index in [0.29, 0.717) is 22.6 Å². The van der Waals surface area contributed by atoms with Crippen LogP contribution in [0.3, 0.4) is 0 Å². The number of para-hydroxylation sites is 2. The fraction of sp³-hybridized carbons (Fsp3) is 0.171. The third-order valence-electron chi connectivity index (χ3n) is 9.86. The lowest BCUT2D eigenvalue weighted by Crippen LogP contribution is -2.31. The van der Waals surface area contributed by atoms with Crippen LogP contribution in [-0.2, 0) is 0 Å². The summed E-state index contributed by atoms with van der Waals surface area (Å²) in [7, 11) is 0. The number of nitrogens with zero attached hydrogens (tertiary/aromatic N) is 1. The molecule has 3 heteroatoms. The number of hydrogen-bond acceptors (Lipinski definition) is 3. The van der Waals surface area contributed by atoms with Gasteiger partial charge in [0.05, 0.1) is 16.9 Å². The standard InChI is InChI=1S/C41H33NO2/c1-41(2)25-31(38-39(43)33-11-5-6-12-34(33)40(38)44)24-30-23-29(19-22-35(30)41)26-17-20-32(21-18-26)42-36-13-7-3-9-27(36)15-16-28-10-4-8-14-37(28)42/h3-18,20-21,23-24,35H,19,22,25H2,1-2H3. The summed E-state index contributed by atoms with van der Waals surface area (Å²) in [6.07, 6.45) is 11.6. The number of ketones is 2. The van der Waals surface area contributed by atoms with Crippen LogP contribution in [0.25, 0.3) is 17.7 Å². The third-order valence-corrected chi connectivity index (χ3v) is 9.86. The maximum atomic E-state index is 13.4. The molecule has 0 fully saturated rings. The molecular weight excluding hydrogens is 538 g/mol. The lowest BCUT2D eigenvalue weighted by Gasteiger charge is -2.42. The van der Waals surface area contributed by atoms with E-state index in [-0.39, 0.29) is 17.0 Å². The van der Waals surface area contributed by atoms with Gasteiger partial charge in [-0.3, -0.25) is 9.59 Å². The van der Waals surface area contributed by atoms with E-state index in [1.54, 1.807) is 12.1 Å². The Bertz CT molecular complexity index is 1910. The zero-order valence-corrected chi connectivity index (χ0v) is 25.0. The fourth-order valence-electron chi connectivity index (χ4n) is 7.70. The minimum atomic E-state index is -0.130. The quantitative estimate of drug-likeness (QED) is 0.156. The van der Waals surface area contributed by atoms with Crippen molar-refractivity contribution in [1.82, 2.24) is 0 Å². The first kappa shape index (κ1) is 26.6. The van der Waals surface area contributed by atoms with E-state index < -0.39 is 0 Å². The maximum Gasteiger partial charge on any atom is 0.197 e. The Morgan fingerprint density at radius 2 is 1.25 bits per heavy atom. The van der Waals surface area contributed by atoms with Crippen molar-refractivity contribution in [2.24, 2.45) is 11.3 Å². The molecule has 1 heterocycles. The topological polar surface area (TPSA) is 37.4 Å². The molecule has 0 spiro atoms. The Morgan fingerprint density at radius 3 is 1.86 bits per heavy atom. The summed E-state index contributed by atoms with van der Waals surface area (Å²) in [6.45, 7) is 4.56. The number of anilines is 3. The van der Waals surface area contributed by atoms with Crippen LogP contribution >= 0.6 is 0 Å². The van der Waals surface area contributed by atoms with Crippen LogP contribution in [0, 0.1) is 11.3 Å². The molecule has 0 amide bonds.